The summed E-state index contributed by atoms with van der Waals surface area (Å²) in [6.07, 6.45) is 0.145. The van der Waals surface area contributed by atoms with E-state index in [0.29, 0.717) is 17.5 Å². The van der Waals surface area contributed by atoms with Crippen LogP contribution in [0.4, 0.5) is 0 Å². The molecule has 0 fully saturated rings. The van der Waals surface area contributed by atoms with Crippen molar-refractivity contribution in [1.29, 1.82) is 0 Å². The van der Waals surface area contributed by atoms with Gasteiger partial charge in [0, 0.05) is 5.56 Å². The van der Waals surface area contributed by atoms with Crippen LogP contribution in [0.3, 0.4) is 0 Å². The lowest BCUT2D eigenvalue weighted by atomic mass is 10.1. The number of benzene rings is 1. The minimum Gasteiger partial charge on any atom is -0.424 e. The van der Waals surface area contributed by atoms with E-state index >= 15 is 0 Å². The summed E-state index contributed by atoms with van der Waals surface area (Å²) < 4.78 is 23.0. The summed E-state index contributed by atoms with van der Waals surface area (Å²) in [5.41, 5.74) is 0.596. The second kappa shape index (κ2) is 6.17. The van der Waals surface area contributed by atoms with Crippen molar-refractivity contribution in [3.05, 3.63) is 29.8 Å². The van der Waals surface area contributed by atoms with E-state index in [4.69, 9.17) is 9.05 Å². The maximum absolute atomic E-state index is 12.3. The molecule has 18 heavy (non-hydrogen) atoms. The van der Waals surface area contributed by atoms with Crippen molar-refractivity contribution in [2.24, 2.45) is 0 Å². The number of Topliss-reactive ketones (excluding diaryl/α,β-unsaturated/α-hetero) is 1. The van der Waals surface area contributed by atoms with E-state index in [-0.39, 0.29) is 11.9 Å². The minimum atomic E-state index is -3.10. The highest BCUT2D eigenvalue weighted by Crippen LogP contribution is 2.48. The Labute approximate surface area is 108 Å². The molecule has 0 saturated heterocycles. The molecule has 1 aromatic rings. The zero-order chi connectivity index (χ0) is 13.8. The van der Waals surface area contributed by atoms with Crippen LogP contribution >= 0.6 is 7.60 Å². The van der Waals surface area contributed by atoms with Crippen molar-refractivity contribution < 1.29 is 18.4 Å². The molecule has 0 heterocycles. The van der Waals surface area contributed by atoms with Crippen LogP contribution in [0, 0.1) is 0 Å². The third kappa shape index (κ3) is 4.28. The van der Waals surface area contributed by atoms with Gasteiger partial charge < -0.3 is 4.52 Å². The topological polar surface area (TPSA) is 52.6 Å². The molecule has 1 unspecified atom stereocenters. The Kier molecular flexibility index (Phi) is 5.12. The van der Waals surface area contributed by atoms with Crippen molar-refractivity contribution in [2.45, 2.75) is 33.8 Å². The van der Waals surface area contributed by atoms with Crippen LogP contribution in [0.15, 0.2) is 24.3 Å². The van der Waals surface area contributed by atoms with Crippen molar-refractivity contribution in [1.82, 2.24) is 0 Å². The molecule has 1 aromatic carbocycles. The van der Waals surface area contributed by atoms with Crippen LogP contribution in [0.25, 0.3) is 0 Å². The van der Waals surface area contributed by atoms with Gasteiger partial charge in [0.05, 0.1) is 12.3 Å². The first-order chi connectivity index (χ1) is 8.36. The van der Waals surface area contributed by atoms with E-state index in [1.165, 1.54) is 6.92 Å². The summed E-state index contributed by atoms with van der Waals surface area (Å²) in [5, 5.41) is 0. The molecule has 0 aliphatic rings. The molecule has 0 aliphatic carbocycles. The first-order valence-corrected chi connectivity index (χ1v) is 7.67. The molecule has 1 atom stereocenters. The fourth-order valence-electron chi connectivity index (χ4n) is 1.39. The van der Waals surface area contributed by atoms with E-state index in [2.05, 4.69) is 0 Å². The summed E-state index contributed by atoms with van der Waals surface area (Å²) in [7, 11) is -3.10. The zero-order valence-corrected chi connectivity index (χ0v) is 12.1. The van der Waals surface area contributed by atoms with E-state index < -0.39 is 7.60 Å². The molecule has 0 aromatic heterocycles. The molecule has 100 valence electrons. The van der Waals surface area contributed by atoms with Gasteiger partial charge in [-0.1, -0.05) is 6.92 Å². The Morgan fingerprint density at radius 2 is 1.83 bits per heavy atom. The second-order valence-electron chi connectivity index (χ2n) is 4.25. The van der Waals surface area contributed by atoms with Crippen LogP contribution < -0.4 is 4.52 Å². The Morgan fingerprint density at radius 1 is 1.28 bits per heavy atom. The average molecular weight is 270 g/mol. The first-order valence-electron chi connectivity index (χ1n) is 5.94. The average Bonchev–Trinajstić information content (AvgIpc) is 2.28. The molecule has 4 nitrogen and oxygen atoms in total. The molecule has 0 spiro atoms. The summed E-state index contributed by atoms with van der Waals surface area (Å²) in [4.78, 5) is 11.1. The Bertz CT molecular complexity index is 451. The van der Waals surface area contributed by atoms with Gasteiger partial charge in [-0.3, -0.25) is 9.32 Å². The molecular formula is C13H19O4P. The predicted octanol–water partition coefficient (Wildman–Crippen LogP) is 3.91. The lowest BCUT2D eigenvalue weighted by Gasteiger charge is -2.20. The van der Waals surface area contributed by atoms with Crippen LogP contribution in [0.2, 0.25) is 0 Å². The maximum Gasteiger partial charge on any atom is 0.379 e. The minimum absolute atomic E-state index is 0.0151. The second-order valence-corrected chi connectivity index (χ2v) is 6.50. The molecule has 0 aliphatic heterocycles. The van der Waals surface area contributed by atoms with Crippen LogP contribution in [0.1, 0.15) is 38.1 Å². The molecule has 0 saturated carbocycles. The quantitative estimate of drug-likeness (QED) is 0.581. The smallest absolute Gasteiger partial charge is 0.379 e. The van der Waals surface area contributed by atoms with Gasteiger partial charge in [0.15, 0.2) is 5.78 Å². The van der Waals surface area contributed by atoms with Crippen molar-refractivity contribution in [3.8, 4) is 5.75 Å². The molecule has 0 bridgehead atoms. The fraction of sp³-hybridized carbons (Fsp3) is 0.462. The number of carbonyl (C=O) groups is 1. The summed E-state index contributed by atoms with van der Waals surface area (Å²) in [6.45, 7) is 6.87. The lowest BCUT2D eigenvalue weighted by molar-refractivity contribution is 0.101. The van der Waals surface area contributed by atoms with Gasteiger partial charge in [-0.15, -0.1) is 0 Å². The number of carbonyl (C=O) groups excluding carboxylic acids is 1. The van der Waals surface area contributed by atoms with Gasteiger partial charge in [-0.05, 0) is 45.0 Å². The first kappa shape index (κ1) is 14.9. The molecule has 0 N–H and O–H groups in total. The highest BCUT2D eigenvalue weighted by Gasteiger charge is 2.25. The highest BCUT2D eigenvalue weighted by molar-refractivity contribution is 7.54. The van der Waals surface area contributed by atoms with E-state index in [9.17, 15) is 9.36 Å². The number of ketones is 1. The summed E-state index contributed by atoms with van der Waals surface area (Å²) >= 11 is 0. The van der Waals surface area contributed by atoms with E-state index in [1.54, 1.807) is 31.2 Å². The Hall–Kier alpha value is -1.12. The zero-order valence-electron chi connectivity index (χ0n) is 11.2. The highest BCUT2D eigenvalue weighted by atomic mass is 31.2. The van der Waals surface area contributed by atoms with Crippen LogP contribution in [-0.4, -0.2) is 18.0 Å². The third-order valence-corrected chi connectivity index (χ3v) is 4.27. The van der Waals surface area contributed by atoms with Crippen molar-refractivity contribution in [3.63, 3.8) is 0 Å². The lowest BCUT2D eigenvalue weighted by Crippen LogP contribution is -2.07. The normalized spacial score (nSPS) is 14.3. The maximum atomic E-state index is 12.3. The molecule has 0 radical (unpaired) electrons. The number of hydrogen-bond acceptors (Lipinski definition) is 4. The van der Waals surface area contributed by atoms with Crippen LogP contribution in [0.5, 0.6) is 5.75 Å². The van der Waals surface area contributed by atoms with Gasteiger partial charge in [-0.25, -0.2) is 4.57 Å². The van der Waals surface area contributed by atoms with Gasteiger partial charge >= 0.3 is 7.60 Å². The van der Waals surface area contributed by atoms with Gasteiger partial charge in [0.2, 0.25) is 0 Å². The molecular weight excluding hydrogens is 251 g/mol. The number of hydrogen-bond donors (Lipinski definition) is 0. The predicted molar refractivity (Wildman–Crippen MR) is 71.4 cm³/mol. The standard InChI is InChI=1S/C13H19O4P/c1-5-18(15,16-10(2)3)17-13-8-6-12(7-9-13)11(4)14/h6-10H,5H2,1-4H3. The molecule has 5 heteroatoms. The van der Waals surface area contributed by atoms with E-state index in [0.717, 1.165) is 0 Å². The Balaban J connectivity index is 2.82. The third-order valence-electron chi connectivity index (χ3n) is 2.26. The molecule has 0 amide bonds. The Morgan fingerprint density at radius 3 is 2.22 bits per heavy atom. The van der Waals surface area contributed by atoms with Gasteiger partial charge in [0.25, 0.3) is 0 Å². The summed E-state index contributed by atoms with van der Waals surface area (Å²) in [6, 6.07) is 6.55. The van der Waals surface area contributed by atoms with Gasteiger partial charge in [-0.2, -0.15) is 0 Å². The largest absolute Gasteiger partial charge is 0.424 e. The fourth-order valence-corrected chi connectivity index (χ4v) is 2.80. The summed E-state index contributed by atoms with van der Waals surface area (Å²) in [5.74, 6) is 0.435. The molecule has 1 rings (SSSR count). The monoisotopic (exact) mass is 270 g/mol. The van der Waals surface area contributed by atoms with Crippen LogP contribution in [-0.2, 0) is 9.09 Å². The van der Waals surface area contributed by atoms with Crippen molar-refractivity contribution in [2.75, 3.05) is 6.16 Å². The van der Waals surface area contributed by atoms with E-state index in [1.807, 2.05) is 13.8 Å². The number of rotatable bonds is 6. The van der Waals surface area contributed by atoms with Gasteiger partial charge in [0.1, 0.15) is 5.75 Å². The van der Waals surface area contributed by atoms with Crippen molar-refractivity contribution >= 4 is 13.4 Å². The SMILES string of the molecule is CCP(=O)(Oc1ccc(C(C)=O)cc1)OC(C)C.